The molecule has 4 fully saturated rings. The summed E-state index contributed by atoms with van der Waals surface area (Å²) in [5, 5.41) is -1.44. The van der Waals surface area contributed by atoms with Crippen LogP contribution in [0.15, 0.2) is 0 Å². The number of hydrogen-bond donors (Lipinski definition) is 0. The molecule has 0 aromatic heterocycles. The van der Waals surface area contributed by atoms with E-state index in [0.717, 1.165) is 0 Å². The molecule has 25 heavy (non-hydrogen) atoms. The molecule has 0 radical (unpaired) electrons. The number of esters is 4. The lowest BCUT2D eigenvalue weighted by Crippen LogP contribution is -2.42. The van der Waals surface area contributed by atoms with Crippen molar-refractivity contribution in [1.82, 2.24) is 0 Å². The standard InChI is InChI=1S/C16H18O8S/c17-13-9-3-1-7(5-11(9)15(19)23-13)25(21,22)8-2-4-10-12(6-8)16(20)24-14(10)18/h7-12H,1-6H2. The molecule has 2 heterocycles. The number of sulfone groups is 1. The minimum atomic E-state index is -3.58. The van der Waals surface area contributed by atoms with Crippen molar-refractivity contribution in [3.63, 3.8) is 0 Å². The number of ether oxygens (including phenoxy) is 2. The lowest BCUT2D eigenvalue weighted by Gasteiger charge is -2.33. The minimum Gasteiger partial charge on any atom is -0.393 e. The van der Waals surface area contributed by atoms with Crippen LogP contribution in [0.3, 0.4) is 0 Å². The second-order valence-corrected chi connectivity index (χ2v) is 9.88. The van der Waals surface area contributed by atoms with E-state index in [0.29, 0.717) is 25.7 Å². The van der Waals surface area contributed by atoms with Crippen molar-refractivity contribution < 1.29 is 37.1 Å². The van der Waals surface area contributed by atoms with Crippen molar-refractivity contribution in [2.45, 2.75) is 49.0 Å². The van der Waals surface area contributed by atoms with Crippen LogP contribution < -0.4 is 0 Å². The Labute approximate surface area is 144 Å². The van der Waals surface area contributed by atoms with Gasteiger partial charge in [0.2, 0.25) is 0 Å². The molecule has 0 aromatic rings. The second-order valence-electron chi connectivity index (χ2n) is 7.37. The van der Waals surface area contributed by atoms with Crippen LogP contribution in [0.1, 0.15) is 38.5 Å². The van der Waals surface area contributed by atoms with Gasteiger partial charge >= 0.3 is 23.9 Å². The maximum Gasteiger partial charge on any atom is 0.317 e. The Kier molecular flexibility index (Phi) is 3.75. The van der Waals surface area contributed by atoms with Crippen LogP contribution in [-0.4, -0.2) is 42.8 Å². The zero-order valence-corrected chi connectivity index (χ0v) is 14.2. The summed E-state index contributed by atoms with van der Waals surface area (Å²) in [6.07, 6.45) is 1.42. The lowest BCUT2D eigenvalue weighted by molar-refractivity contribution is -0.155. The fourth-order valence-corrected chi connectivity index (χ4v) is 7.14. The fraction of sp³-hybridized carbons (Fsp3) is 0.750. The van der Waals surface area contributed by atoms with Crippen LogP contribution in [-0.2, 0) is 38.5 Å². The van der Waals surface area contributed by atoms with Crippen molar-refractivity contribution >= 4 is 33.7 Å². The molecule has 2 saturated carbocycles. The number of hydrogen-bond acceptors (Lipinski definition) is 8. The van der Waals surface area contributed by atoms with E-state index in [4.69, 9.17) is 0 Å². The first kappa shape index (κ1) is 16.7. The normalized spacial score (nSPS) is 41.1. The third kappa shape index (κ3) is 2.51. The van der Waals surface area contributed by atoms with Gasteiger partial charge in [0, 0.05) is 0 Å². The molecule has 0 N–H and O–H groups in total. The SMILES string of the molecule is O=C1OC(=O)C2CC(S(=O)(=O)C3CCC4C(=O)OC(=O)C4C3)CCC12. The van der Waals surface area contributed by atoms with Crippen LogP contribution in [0.5, 0.6) is 0 Å². The molecule has 2 aliphatic carbocycles. The molecule has 2 aliphatic heterocycles. The maximum absolute atomic E-state index is 13.0. The zero-order valence-electron chi connectivity index (χ0n) is 13.4. The van der Waals surface area contributed by atoms with Crippen molar-refractivity contribution in [2.75, 3.05) is 0 Å². The first-order chi connectivity index (χ1) is 11.8. The highest BCUT2D eigenvalue weighted by atomic mass is 32.2. The fourth-order valence-electron chi connectivity index (χ4n) is 4.72. The maximum atomic E-state index is 13.0. The van der Waals surface area contributed by atoms with Gasteiger partial charge in [-0.05, 0) is 38.5 Å². The van der Waals surface area contributed by atoms with E-state index in [9.17, 15) is 27.6 Å². The molecule has 0 aromatic carbocycles. The molecule has 0 amide bonds. The van der Waals surface area contributed by atoms with E-state index in [1.807, 2.05) is 0 Å². The average molecular weight is 370 g/mol. The molecule has 136 valence electrons. The van der Waals surface area contributed by atoms with Crippen molar-refractivity contribution in [3.8, 4) is 0 Å². The van der Waals surface area contributed by atoms with Crippen LogP contribution in [0.4, 0.5) is 0 Å². The van der Waals surface area contributed by atoms with E-state index in [-0.39, 0.29) is 12.8 Å². The molecule has 9 heteroatoms. The molecule has 4 aliphatic rings. The third-order valence-electron chi connectivity index (χ3n) is 6.15. The summed E-state index contributed by atoms with van der Waals surface area (Å²) in [7, 11) is -3.58. The third-order valence-corrected chi connectivity index (χ3v) is 8.86. The van der Waals surface area contributed by atoms with Crippen LogP contribution in [0.2, 0.25) is 0 Å². The van der Waals surface area contributed by atoms with E-state index >= 15 is 0 Å². The van der Waals surface area contributed by atoms with E-state index in [1.54, 1.807) is 0 Å². The molecule has 4 rings (SSSR count). The summed E-state index contributed by atoms with van der Waals surface area (Å²) >= 11 is 0. The van der Waals surface area contributed by atoms with Gasteiger partial charge in [0.05, 0.1) is 34.2 Å². The highest BCUT2D eigenvalue weighted by Gasteiger charge is 2.54. The first-order valence-corrected chi connectivity index (χ1v) is 10.1. The highest BCUT2D eigenvalue weighted by molar-refractivity contribution is 7.92. The average Bonchev–Trinajstić information content (AvgIpc) is 3.03. The van der Waals surface area contributed by atoms with Gasteiger partial charge in [0.1, 0.15) is 0 Å². The van der Waals surface area contributed by atoms with E-state index in [2.05, 4.69) is 9.47 Å². The predicted octanol–water partition coefficient (Wildman–Crippen LogP) is 0.138. The van der Waals surface area contributed by atoms with Crippen LogP contribution in [0.25, 0.3) is 0 Å². The summed E-state index contributed by atoms with van der Waals surface area (Å²) < 4.78 is 35.3. The number of cyclic esters (lactones) is 4. The predicted molar refractivity (Wildman–Crippen MR) is 80.4 cm³/mol. The van der Waals surface area contributed by atoms with Gasteiger partial charge in [0.25, 0.3) is 0 Å². The van der Waals surface area contributed by atoms with Crippen molar-refractivity contribution in [2.24, 2.45) is 23.7 Å². The Balaban J connectivity index is 1.51. The Morgan fingerprint density at radius 2 is 0.960 bits per heavy atom. The molecule has 0 bridgehead atoms. The zero-order chi connectivity index (χ0) is 17.9. The summed E-state index contributed by atoms with van der Waals surface area (Å²) in [5.74, 6) is -4.82. The molecule has 6 unspecified atom stereocenters. The van der Waals surface area contributed by atoms with Gasteiger partial charge in [-0.1, -0.05) is 0 Å². The number of rotatable bonds is 2. The Morgan fingerprint density at radius 1 is 0.600 bits per heavy atom. The molecule has 6 atom stereocenters. The topological polar surface area (TPSA) is 121 Å². The minimum absolute atomic E-state index is 0.0888. The number of fused-ring (bicyclic) bond motifs is 2. The highest BCUT2D eigenvalue weighted by Crippen LogP contribution is 2.44. The summed E-state index contributed by atoms with van der Waals surface area (Å²) in [6, 6.07) is 0. The molecular weight excluding hydrogens is 352 g/mol. The number of carbonyl (C=O) groups is 4. The Hall–Kier alpha value is -1.77. The summed E-state index contributed by atoms with van der Waals surface area (Å²) in [6.45, 7) is 0. The Morgan fingerprint density at radius 3 is 1.36 bits per heavy atom. The quantitative estimate of drug-likeness (QED) is 0.497. The van der Waals surface area contributed by atoms with Crippen molar-refractivity contribution in [1.29, 1.82) is 0 Å². The summed E-state index contributed by atoms with van der Waals surface area (Å²) in [5.41, 5.74) is 0. The second kappa shape index (κ2) is 5.62. The smallest absolute Gasteiger partial charge is 0.317 e. The van der Waals surface area contributed by atoms with Gasteiger partial charge in [0.15, 0.2) is 9.84 Å². The molecular formula is C16H18O8S. The van der Waals surface area contributed by atoms with Crippen LogP contribution in [0, 0.1) is 23.7 Å². The van der Waals surface area contributed by atoms with E-state index < -0.39 is 67.9 Å². The first-order valence-electron chi connectivity index (χ1n) is 8.53. The van der Waals surface area contributed by atoms with Gasteiger partial charge < -0.3 is 9.47 Å². The van der Waals surface area contributed by atoms with E-state index in [1.165, 1.54) is 0 Å². The number of carbonyl (C=O) groups excluding carboxylic acids is 4. The molecule has 8 nitrogen and oxygen atoms in total. The summed E-state index contributed by atoms with van der Waals surface area (Å²) in [4.78, 5) is 46.7. The van der Waals surface area contributed by atoms with Crippen LogP contribution >= 0.6 is 0 Å². The van der Waals surface area contributed by atoms with Gasteiger partial charge in [-0.15, -0.1) is 0 Å². The Bertz CT molecular complexity index is 711. The lowest BCUT2D eigenvalue weighted by atomic mass is 9.80. The van der Waals surface area contributed by atoms with Gasteiger partial charge in [-0.25, -0.2) is 8.42 Å². The molecule has 0 spiro atoms. The van der Waals surface area contributed by atoms with Gasteiger partial charge in [-0.2, -0.15) is 0 Å². The van der Waals surface area contributed by atoms with Crippen molar-refractivity contribution in [3.05, 3.63) is 0 Å². The largest absolute Gasteiger partial charge is 0.393 e. The van der Waals surface area contributed by atoms with Gasteiger partial charge in [-0.3, -0.25) is 19.2 Å². The molecule has 2 saturated heterocycles. The monoisotopic (exact) mass is 370 g/mol.